The SMILES string of the molecule is CCCn1nc(C)c(NC(=O)Cc2csc(C)n2)c1C. The van der Waals surface area contributed by atoms with Crippen LogP contribution in [-0.4, -0.2) is 20.7 Å². The molecule has 0 aliphatic heterocycles. The fourth-order valence-corrected chi connectivity index (χ4v) is 2.76. The molecule has 1 N–H and O–H groups in total. The molecule has 0 aliphatic rings. The highest BCUT2D eigenvalue weighted by molar-refractivity contribution is 7.09. The van der Waals surface area contributed by atoms with Crippen molar-refractivity contribution in [3.8, 4) is 0 Å². The minimum absolute atomic E-state index is 0.0439. The van der Waals surface area contributed by atoms with Gasteiger partial charge in [0.25, 0.3) is 0 Å². The number of amides is 1. The molecule has 0 bridgehead atoms. The highest BCUT2D eigenvalue weighted by Gasteiger charge is 2.14. The third kappa shape index (κ3) is 3.25. The Morgan fingerprint density at radius 1 is 1.40 bits per heavy atom. The van der Waals surface area contributed by atoms with Crippen LogP contribution in [0.4, 0.5) is 5.69 Å². The van der Waals surface area contributed by atoms with E-state index in [-0.39, 0.29) is 5.91 Å². The predicted octanol–water partition coefficient (Wildman–Crippen LogP) is 2.86. The summed E-state index contributed by atoms with van der Waals surface area (Å²) < 4.78 is 1.94. The molecule has 2 rings (SSSR count). The van der Waals surface area contributed by atoms with Gasteiger partial charge in [-0.1, -0.05) is 6.92 Å². The van der Waals surface area contributed by atoms with Crippen LogP contribution < -0.4 is 5.32 Å². The Hall–Kier alpha value is -1.69. The van der Waals surface area contributed by atoms with E-state index in [1.807, 2.05) is 30.8 Å². The molecule has 108 valence electrons. The largest absolute Gasteiger partial charge is 0.323 e. The second-order valence-electron chi connectivity index (χ2n) is 4.85. The van der Waals surface area contributed by atoms with E-state index in [0.717, 1.165) is 40.7 Å². The molecule has 0 spiro atoms. The van der Waals surface area contributed by atoms with Crippen molar-refractivity contribution < 1.29 is 4.79 Å². The molecule has 0 unspecified atom stereocenters. The van der Waals surface area contributed by atoms with Crippen LogP contribution in [0.5, 0.6) is 0 Å². The summed E-state index contributed by atoms with van der Waals surface area (Å²) in [6.45, 7) is 8.82. The zero-order chi connectivity index (χ0) is 14.7. The smallest absolute Gasteiger partial charge is 0.230 e. The minimum atomic E-state index is -0.0439. The van der Waals surface area contributed by atoms with Crippen LogP contribution in [0.1, 0.15) is 35.4 Å². The van der Waals surface area contributed by atoms with E-state index in [4.69, 9.17) is 0 Å². The van der Waals surface area contributed by atoms with Gasteiger partial charge in [0.05, 0.1) is 34.2 Å². The van der Waals surface area contributed by atoms with Gasteiger partial charge in [0.2, 0.25) is 5.91 Å². The Kier molecular flexibility index (Phi) is 4.54. The number of nitrogens with zero attached hydrogens (tertiary/aromatic N) is 3. The summed E-state index contributed by atoms with van der Waals surface area (Å²) in [4.78, 5) is 16.4. The lowest BCUT2D eigenvalue weighted by atomic mass is 10.2. The third-order valence-corrected chi connectivity index (χ3v) is 3.91. The average Bonchev–Trinajstić information content (AvgIpc) is 2.89. The number of anilines is 1. The van der Waals surface area contributed by atoms with E-state index < -0.39 is 0 Å². The van der Waals surface area contributed by atoms with Gasteiger partial charge in [-0.25, -0.2) is 4.98 Å². The molecular weight excluding hydrogens is 272 g/mol. The number of aromatic nitrogens is 3. The first-order valence-corrected chi connectivity index (χ1v) is 7.64. The summed E-state index contributed by atoms with van der Waals surface area (Å²) in [5.74, 6) is -0.0439. The number of nitrogens with one attached hydrogen (secondary N) is 1. The van der Waals surface area contributed by atoms with Crippen molar-refractivity contribution in [2.75, 3.05) is 5.32 Å². The van der Waals surface area contributed by atoms with Gasteiger partial charge in [-0.3, -0.25) is 9.48 Å². The molecule has 0 saturated heterocycles. The lowest BCUT2D eigenvalue weighted by molar-refractivity contribution is -0.115. The molecule has 0 radical (unpaired) electrons. The first kappa shape index (κ1) is 14.7. The first-order valence-electron chi connectivity index (χ1n) is 6.76. The van der Waals surface area contributed by atoms with Gasteiger partial charge in [0.1, 0.15) is 0 Å². The highest BCUT2D eigenvalue weighted by Crippen LogP contribution is 2.20. The van der Waals surface area contributed by atoms with E-state index in [0.29, 0.717) is 6.42 Å². The molecule has 0 aliphatic carbocycles. The quantitative estimate of drug-likeness (QED) is 0.922. The van der Waals surface area contributed by atoms with E-state index in [2.05, 4.69) is 22.3 Å². The number of hydrogen-bond donors (Lipinski definition) is 1. The summed E-state index contributed by atoms with van der Waals surface area (Å²) in [5.41, 5.74) is 3.52. The van der Waals surface area contributed by atoms with Crippen LogP contribution in [0, 0.1) is 20.8 Å². The van der Waals surface area contributed by atoms with Crippen molar-refractivity contribution in [1.29, 1.82) is 0 Å². The topological polar surface area (TPSA) is 59.8 Å². The molecule has 0 fully saturated rings. The van der Waals surface area contributed by atoms with Crippen molar-refractivity contribution in [3.05, 3.63) is 27.5 Å². The van der Waals surface area contributed by atoms with Crippen molar-refractivity contribution in [2.24, 2.45) is 0 Å². The molecule has 0 saturated carbocycles. The first-order chi connectivity index (χ1) is 9.51. The Morgan fingerprint density at radius 2 is 2.15 bits per heavy atom. The Bertz CT molecular complexity index is 615. The second-order valence-corrected chi connectivity index (χ2v) is 5.91. The molecular formula is C14H20N4OS. The summed E-state index contributed by atoms with van der Waals surface area (Å²) in [7, 11) is 0. The van der Waals surface area contributed by atoms with Gasteiger partial charge in [0, 0.05) is 11.9 Å². The summed E-state index contributed by atoms with van der Waals surface area (Å²) in [6, 6.07) is 0. The third-order valence-electron chi connectivity index (χ3n) is 3.09. The highest BCUT2D eigenvalue weighted by atomic mass is 32.1. The fraction of sp³-hybridized carbons (Fsp3) is 0.500. The maximum atomic E-state index is 12.1. The zero-order valence-corrected chi connectivity index (χ0v) is 13.2. The van der Waals surface area contributed by atoms with Crippen molar-refractivity contribution >= 4 is 22.9 Å². The fourth-order valence-electron chi connectivity index (χ4n) is 2.14. The Balaban J connectivity index is 2.07. The van der Waals surface area contributed by atoms with Crippen LogP contribution >= 0.6 is 11.3 Å². The van der Waals surface area contributed by atoms with E-state index >= 15 is 0 Å². The van der Waals surface area contributed by atoms with Crippen molar-refractivity contribution in [1.82, 2.24) is 14.8 Å². The Labute approximate surface area is 123 Å². The van der Waals surface area contributed by atoms with E-state index in [1.54, 1.807) is 11.3 Å². The van der Waals surface area contributed by atoms with Gasteiger partial charge in [-0.05, 0) is 27.2 Å². The van der Waals surface area contributed by atoms with Crippen LogP contribution in [0.3, 0.4) is 0 Å². The van der Waals surface area contributed by atoms with Gasteiger partial charge < -0.3 is 5.32 Å². The van der Waals surface area contributed by atoms with Gasteiger partial charge in [-0.15, -0.1) is 11.3 Å². The minimum Gasteiger partial charge on any atom is -0.323 e. The summed E-state index contributed by atoms with van der Waals surface area (Å²) >= 11 is 1.56. The number of carbonyl (C=O) groups excluding carboxylic acids is 1. The number of hydrogen-bond acceptors (Lipinski definition) is 4. The molecule has 2 aromatic heterocycles. The normalized spacial score (nSPS) is 10.8. The van der Waals surface area contributed by atoms with Crippen LogP contribution in [-0.2, 0) is 17.8 Å². The second kappa shape index (κ2) is 6.17. The molecule has 5 nitrogen and oxygen atoms in total. The number of carbonyl (C=O) groups is 1. The molecule has 1 amide bonds. The average molecular weight is 292 g/mol. The molecule has 6 heteroatoms. The number of aryl methyl sites for hydroxylation is 3. The zero-order valence-electron chi connectivity index (χ0n) is 12.4. The maximum absolute atomic E-state index is 12.1. The van der Waals surface area contributed by atoms with Crippen molar-refractivity contribution in [3.63, 3.8) is 0 Å². The van der Waals surface area contributed by atoms with Crippen LogP contribution in [0.15, 0.2) is 5.38 Å². The van der Waals surface area contributed by atoms with Gasteiger partial charge >= 0.3 is 0 Å². The lowest BCUT2D eigenvalue weighted by Gasteiger charge is -2.05. The number of rotatable bonds is 5. The monoisotopic (exact) mass is 292 g/mol. The van der Waals surface area contributed by atoms with Gasteiger partial charge in [0.15, 0.2) is 0 Å². The van der Waals surface area contributed by atoms with E-state index in [9.17, 15) is 4.79 Å². The van der Waals surface area contributed by atoms with Crippen molar-refractivity contribution in [2.45, 2.75) is 47.1 Å². The summed E-state index contributed by atoms with van der Waals surface area (Å²) in [5, 5.41) is 10.3. The predicted molar refractivity (Wildman–Crippen MR) is 81.2 cm³/mol. The van der Waals surface area contributed by atoms with Crippen LogP contribution in [0.25, 0.3) is 0 Å². The maximum Gasteiger partial charge on any atom is 0.230 e. The standard InChI is InChI=1S/C14H20N4OS/c1-5-6-18-10(3)14(9(2)17-18)16-13(19)7-12-8-20-11(4)15-12/h8H,5-7H2,1-4H3,(H,16,19). The Morgan fingerprint density at radius 3 is 2.75 bits per heavy atom. The molecule has 0 atom stereocenters. The molecule has 2 aromatic rings. The number of thiazole rings is 1. The lowest BCUT2D eigenvalue weighted by Crippen LogP contribution is -2.15. The molecule has 2 heterocycles. The van der Waals surface area contributed by atoms with E-state index in [1.165, 1.54) is 0 Å². The summed E-state index contributed by atoms with van der Waals surface area (Å²) in [6.07, 6.45) is 1.33. The van der Waals surface area contributed by atoms with Gasteiger partial charge in [-0.2, -0.15) is 5.10 Å². The molecule has 0 aromatic carbocycles. The molecule has 20 heavy (non-hydrogen) atoms. The van der Waals surface area contributed by atoms with Crippen LogP contribution in [0.2, 0.25) is 0 Å².